The van der Waals surface area contributed by atoms with Crippen molar-refractivity contribution in [3.63, 3.8) is 0 Å². The van der Waals surface area contributed by atoms with Crippen LogP contribution in [0.1, 0.15) is 39.5 Å². The molecule has 0 saturated carbocycles. The van der Waals surface area contributed by atoms with Gasteiger partial charge in [0.05, 0.1) is 0 Å². The summed E-state index contributed by atoms with van der Waals surface area (Å²) in [5.41, 5.74) is 0. The molecule has 1 aromatic heterocycles. The maximum absolute atomic E-state index is 4.37. The van der Waals surface area contributed by atoms with E-state index < -0.39 is 0 Å². The van der Waals surface area contributed by atoms with Crippen molar-refractivity contribution in [3.8, 4) is 0 Å². The lowest BCUT2D eigenvalue weighted by Gasteiger charge is -2.23. The van der Waals surface area contributed by atoms with Crippen molar-refractivity contribution < 1.29 is 0 Å². The van der Waals surface area contributed by atoms with E-state index in [1.807, 2.05) is 13.1 Å². The molecule has 4 heteroatoms. The van der Waals surface area contributed by atoms with Crippen LogP contribution >= 0.6 is 0 Å². The molecule has 1 heterocycles. The Morgan fingerprint density at radius 1 is 1.12 bits per heavy atom. The SMILES string of the molecule is CCCCN(CCCC)c1cc(NC)ncn1. The van der Waals surface area contributed by atoms with Crippen LogP contribution in [0.4, 0.5) is 11.6 Å². The minimum atomic E-state index is 0.882. The largest absolute Gasteiger partial charge is 0.373 e. The summed E-state index contributed by atoms with van der Waals surface area (Å²) in [6.45, 7) is 6.60. The van der Waals surface area contributed by atoms with Gasteiger partial charge in [-0.2, -0.15) is 0 Å². The zero-order chi connectivity index (χ0) is 12.5. The first-order valence-electron chi connectivity index (χ1n) is 6.56. The van der Waals surface area contributed by atoms with Crippen molar-refractivity contribution >= 4 is 11.6 Å². The lowest BCUT2D eigenvalue weighted by molar-refractivity contribution is 0.670. The van der Waals surface area contributed by atoms with Gasteiger partial charge in [0.2, 0.25) is 0 Å². The highest BCUT2D eigenvalue weighted by molar-refractivity contribution is 5.47. The highest BCUT2D eigenvalue weighted by Crippen LogP contribution is 2.15. The normalized spacial score (nSPS) is 10.3. The van der Waals surface area contributed by atoms with Gasteiger partial charge in [0, 0.05) is 26.2 Å². The molecule has 96 valence electrons. The highest BCUT2D eigenvalue weighted by Gasteiger charge is 2.07. The van der Waals surface area contributed by atoms with Crippen LogP contribution in [0.2, 0.25) is 0 Å². The summed E-state index contributed by atoms with van der Waals surface area (Å²) in [6.07, 6.45) is 6.48. The number of nitrogens with one attached hydrogen (secondary N) is 1. The molecule has 0 spiro atoms. The van der Waals surface area contributed by atoms with E-state index in [9.17, 15) is 0 Å². The van der Waals surface area contributed by atoms with Gasteiger partial charge in [0.1, 0.15) is 18.0 Å². The molecule has 0 aliphatic rings. The van der Waals surface area contributed by atoms with E-state index in [0.29, 0.717) is 0 Å². The number of hydrogen-bond donors (Lipinski definition) is 1. The van der Waals surface area contributed by atoms with E-state index >= 15 is 0 Å². The van der Waals surface area contributed by atoms with Gasteiger partial charge in [-0.25, -0.2) is 9.97 Å². The summed E-state index contributed by atoms with van der Waals surface area (Å²) in [4.78, 5) is 10.9. The van der Waals surface area contributed by atoms with Crippen molar-refractivity contribution in [2.24, 2.45) is 0 Å². The smallest absolute Gasteiger partial charge is 0.134 e. The molecule has 0 aromatic carbocycles. The summed E-state index contributed by atoms with van der Waals surface area (Å²) in [5, 5.41) is 3.06. The molecule has 17 heavy (non-hydrogen) atoms. The lowest BCUT2D eigenvalue weighted by Crippen LogP contribution is -2.26. The van der Waals surface area contributed by atoms with Crippen LogP contribution in [0, 0.1) is 0 Å². The molecule has 0 atom stereocenters. The first kappa shape index (κ1) is 13.7. The Hall–Kier alpha value is -1.32. The number of anilines is 2. The molecular weight excluding hydrogens is 212 g/mol. The first-order chi connectivity index (χ1) is 8.31. The Bertz CT molecular complexity index is 306. The van der Waals surface area contributed by atoms with E-state index in [-0.39, 0.29) is 0 Å². The fourth-order valence-electron chi connectivity index (χ4n) is 1.70. The number of rotatable bonds is 8. The molecular formula is C13H24N4. The van der Waals surface area contributed by atoms with Crippen LogP contribution in [-0.2, 0) is 0 Å². The van der Waals surface area contributed by atoms with Crippen LogP contribution in [-0.4, -0.2) is 30.1 Å². The van der Waals surface area contributed by atoms with Crippen molar-refractivity contribution in [1.29, 1.82) is 0 Å². The Morgan fingerprint density at radius 3 is 2.29 bits per heavy atom. The summed E-state index contributed by atoms with van der Waals surface area (Å²) in [6, 6.07) is 2.02. The van der Waals surface area contributed by atoms with Gasteiger partial charge in [0.15, 0.2) is 0 Å². The van der Waals surface area contributed by atoms with Gasteiger partial charge in [-0.15, -0.1) is 0 Å². The van der Waals surface area contributed by atoms with Gasteiger partial charge in [-0.1, -0.05) is 26.7 Å². The topological polar surface area (TPSA) is 41.0 Å². The van der Waals surface area contributed by atoms with Crippen molar-refractivity contribution in [2.45, 2.75) is 39.5 Å². The average Bonchev–Trinajstić information content (AvgIpc) is 2.39. The molecule has 0 aliphatic heterocycles. The Kier molecular flexibility index (Phi) is 6.37. The third-order valence-corrected chi connectivity index (χ3v) is 2.80. The molecule has 0 bridgehead atoms. The van der Waals surface area contributed by atoms with Crippen LogP contribution in [0.25, 0.3) is 0 Å². The van der Waals surface area contributed by atoms with Gasteiger partial charge in [-0.05, 0) is 12.8 Å². The molecule has 0 radical (unpaired) electrons. The Labute approximate surface area is 104 Å². The zero-order valence-electron chi connectivity index (χ0n) is 11.2. The third kappa shape index (κ3) is 4.59. The van der Waals surface area contributed by atoms with Gasteiger partial charge >= 0.3 is 0 Å². The van der Waals surface area contributed by atoms with E-state index in [1.165, 1.54) is 25.7 Å². The highest BCUT2D eigenvalue weighted by atomic mass is 15.2. The predicted octanol–water partition coefficient (Wildman–Crippen LogP) is 2.92. The monoisotopic (exact) mass is 236 g/mol. The summed E-state index contributed by atoms with van der Waals surface area (Å²) >= 11 is 0. The molecule has 1 N–H and O–H groups in total. The standard InChI is InChI=1S/C13H24N4/c1-4-6-8-17(9-7-5-2)13-10-12(14-3)15-11-16-13/h10-11H,4-9H2,1-3H3,(H,14,15,16). The number of hydrogen-bond acceptors (Lipinski definition) is 4. The van der Waals surface area contributed by atoms with Crippen molar-refractivity contribution in [3.05, 3.63) is 12.4 Å². The first-order valence-corrected chi connectivity index (χ1v) is 6.56. The molecule has 4 nitrogen and oxygen atoms in total. The molecule has 0 unspecified atom stereocenters. The van der Waals surface area contributed by atoms with Crippen LogP contribution in [0.15, 0.2) is 12.4 Å². The molecule has 0 amide bonds. The molecule has 0 saturated heterocycles. The predicted molar refractivity (Wildman–Crippen MR) is 73.6 cm³/mol. The van der Waals surface area contributed by atoms with Crippen molar-refractivity contribution in [1.82, 2.24) is 9.97 Å². The average molecular weight is 236 g/mol. The van der Waals surface area contributed by atoms with Crippen LogP contribution in [0.5, 0.6) is 0 Å². The summed E-state index contributed by atoms with van der Waals surface area (Å²) in [5.74, 6) is 1.92. The van der Waals surface area contributed by atoms with Crippen molar-refractivity contribution in [2.75, 3.05) is 30.4 Å². The molecule has 1 aromatic rings. The fourth-order valence-corrected chi connectivity index (χ4v) is 1.70. The number of unbranched alkanes of at least 4 members (excludes halogenated alkanes) is 2. The minimum Gasteiger partial charge on any atom is -0.373 e. The molecule has 1 rings (SSSR count). The Morgan fingerprint density at radius 2 is 1.76 bits per heavy atom. The number of nitrogens with zero attached hydrogens (tertiary/aromatic N) is 3. The lowest BCUT2D eigenvalue weighted by atomic mass is 10.2. The maximum Gasteiger partial charge on any atom is 0.134 e. The second kappa shape index (κ2) is 7.87. The summed E-state index contributed by atoms with van der Waals surface area (Å²) in [7, 11) is 1.88. The van der Waals surface area contributed by atoms with Crippen LogP contribution in [0.3, 0.4) is 0 Å². The van der Waals surface area contributed by atoms with Gasteiger partial charge < -0.3 is 10.2 Å². The number of aromatic nitrogens is 2. The minimum absolute atomic E-state index is 0.882. The second-order valence-corrected chi connectivity index (χ2v) is 4.21. The fraction of sp³-hybridized carbons (Fsp3) is 0.692. The quantitative estimate of drug-likeness (QED) is 0.753. The zero-order valence-corrected chi connectivity index (χ0v) is 11.2. The maximum atomic E-state index is 4.37. The molecule has 0 aliphatic carbocycles. The molecule has 0 fully saturated rings. The van der Waals surface area contributed by atoms with E-state index in [1.54, 1.807) is 6.33 Å². The summed E-state index contributed by atoms with van der Waals surface area (Å²) < 4.78 is 0. The van der Waals surface area contributed by atoms with Crippen LogP contribution < -0.4 is 10.2 Å². The van der Waals surface area contributed by atoms with Gasteiger partial charge in [-0.3, -0.25) is 0 Å². The van der Waals surface area contributed by atoms with Gasteiger partial charge in [0.25, 0.3) is 0 Å². The van der Waals surface area contributed by atoms with E-state index in [4.69, 9.17) is 0 Å². The van der Waals surface area contributed by atoms with E-state index in [0.717, 1.165) is 24.7 Å². The Balaban J connectivity index is 2.71. The van der Waals surface area contributed by atoms with E-state index in [2.05, 4.69) is 34.0 Å². The third-order valence-electron chi connectivity index (χ3n) is 2.80. The second-order valence-electron chi connectivity index (χ2n) is 4.21.